The summed E-state index contributed by atoms with van der Waals surface area (Å²) in [4.78, 5) is 25.2. The third kappa shape index (κ3) is 4.30. The van der Waals surface area contributed by atoms with Gasteiger partial charge in [-0.15, -0.1) is 0 Å². The highest BCUT2D eigenvalue weighted by Crippen LogP contribution is 2.33. The molecule has 1 aliphatic heterocycles. The summed E-state index contributed by atoms with van der Waals surface area (Å²) in [6, 6.07) is 10.7. The van der Waals surface area contributed by atoms with E-state index in [4.69, 9.17) is 13.9 Å². The summed E-state index contributed by atoms with van der Waals surface area (Å²) in [7, 11) is 1.61. The summed E-state index contributed by atoms with van der Waals surface area (Å²) in [5, 5.41) is 5.91. The molecule has 7 nitrogen and oxygen atoms in total. The first-order valence-corrected chi connectivity index (χ1v) is 10.0. The van der Waals surface area contributed by atoms with Crippen molar-refractivity contribution in [3.8, 4) is 5.75 Å². The quantitative estimate of drug-likeness (QED) is 0.535. The molecule has 0 radical (unpaired) electrons. The van der Waals surface area contributed by atoms with Crippen LogP contribution >= 0.6 is 0 Å². The van der Waals surface area contributed by atoms with Gasteiger partial charge in [0.15, 0.2) is 6.61 Å². The van der Waals surface area contributed by atoms with Crippen molar-refractivity contribution in [1.82, 2.24) is 5.01 Å². The van der Waals surface area contributed by atoms with Crippen molar-refractivity contribution in [3.63, 3.8) is 0 Å². The summed E-state index contributed by atoms with van der Waals surface area (Å²) in [5.74, 6) is 0.498. The van der Waals surface area contributed by atoms with Crippen LogP contribution in [0.1, 0.15) is 43.0 Å². The molecule has 0 saturated carbocycles. The highest BCUT2D eigenvalue weighted by atomic mass is 16.5. The minimum absolute atomic E-state index is 0.180. The zero-order valence-corrected chi connectivity index (χ0v) is 16.8. The van der Waals surface area contributed by atoms with Crippen molar-refractivity contribution >= 4 is 17.6 Å². The van der Waals surface area contributed by atoms with Crippen molar-refractivity contribution in [2.75, 3.05) is 13.7 Å². The fraction of sp³-hybridized carbons (Fsp3) is 0.348. The number of nitrogens with zero attached hydrogens (tertiary/aromatic N) is 2. The van der Waals surface area contributed by atoms with Gasteiger partial charge in [-0.25, -0.2) is 5.01 Å². The molecule has 1 amide bonds. The summed E-state index contributed by atoms with van der Waals surface area (Å²) in [6.07, 6.45) is 8.38. The fourth-order valence-electron chi connectivity index (χ4n) is 3.73. The molecule has 30 heavy (non-hydrogen) atoms. The molecule has 2 aromatic rings. The lowest BCUT2D eigenvalue weighted by Crippen LogP contribution is -2.32. The fourth-order valence-corrected chi connectivity index (χ4v) is 3.73. The molecular formula is C23H24N2O5. The van der Waals surface area contributed by atoms with Crippen LogP contribution in [0.25, 0.3) is 0 Å². The predicted molar refractivity (Wildman–Crippen MR) is 110 cm³/mol. The van der Waals surface area contributed by atoms with Crippen molar-refractivity contribution < 1.29 is 23.5 Å². The van der Waals surface area contributed by atoms with Gasteiger partial charge >= 0.3 is 5.97 Å². The van der Waals surface area contributed by atoms with Crippen LogP contribution in [-0.4, -0.2) is 36.3 Å². The van der Waals surface area contributed by atoms with Crippen LogP contribution in [0, 0.1) is 5.92 Å². The first kappa shape index (κ1) is 19.9. The van der Waals surface area contributed by atoms with E-state index in [1.807, 2.05) is 36.4 Å². The van der Waals surface area contributed by atoms with Gasteiger partial charge in [-0.2, -0.15) is 5.10 Å². The van der Waals surface area contributed by atoms with E-state index in [1.165, 1.54) is 5.01 Å². The lowest BCUT2D eigenvalue weighted by molar-refractivity contribution is -0.156. The largest absolute Gasteiger partial charge is 0.497 e. The van der Waals surface area contributed by atoms with E-state index in [-0.39, 0.29) is 30.4 Å². The predicted octanol–water partition coefficient (Wildman–Crippen LogP) is 3.87. The van der Waals surface area contributed by atoms with Crippen LogP contribution in [0.4, 0.5) is 0 Å². The SMILES string of the molecule is COc1ccc(C2=NN(C(=O)COC(=O)[C@@H]3CC=CCC3)[C@H](c3ccco3)C2)cc1. The number of esters is 1. The Kier molecular flexibility index (Phi) is 5.97. The summed E-state index contributed by atoms with van der Waals surface area (Å²) in [5.41, 5.74) is 1.66. The number of amides is 1. The van der Waals surface area contributed by atoms with Gasteiger partial charge in [-0.3, -0.25) is 9.59 Å². The minimum atomic E-state index is -0.375. The molecule has 0 fully saturated rings. The van der Waals surface area contributed by atoms with Gasteiger partial charge in [0.05, 0.1) is 25.0 Å². The molecule has 1 aromatic heterocycles. The number of carbonyl (C=O) groups is 2. The number of hydrazone groups is 1. The van der Waals surface area contributed by atoms with Crippen LogP contribution in [0.2, 0.25) is 0 Å². The maximum absolute atomic E-state index is 12.9. The number of furan rings is 1. The Bertz CT molecular complexity index is 946. The van der Waals surface area contributed by atoms with Crippen LogP contribution in [0.15, 0.2) is 64.3 Å². The third-order valence-electron chi connectivity index (χ3n) is 5.40. The number of benzene rings is 1. The molecule has 0 bridgehead atoms. The standard InChI is InChI=1S/C23H24N2O5/c1-28-18-11-9-16(10-12-18)19-14-20(21-8-5-13-29-21)25(24-19)22(26)15-30-23(27)17-6-3-2-4-7-17/h2-3,5,8-13,17,20H,4,6-7,14-15H2,1H3/t17-,20+/m1/s1. The van der Waals surface area contributed by atoms with E-state index in [9.17, 15) is 9.59 Å². The van der Waals surface area contributed by atoms with Gasteiger partial charge in [0.1, 0.15) is 17.6 Å². The van der Waals surface area contributed by atoms with Crippen LogP contribution in [-0.2, 0) is 14.3 Å². The lowest BCUT2D eigenvalue weighted by atomic mass is 9.95. The van der Waals surface area contributed by atoms with Crippen molar-refractivity contribution in [1.29, 1.82) is 0 Å². The molecular weight excluding hydrogens is 384 g/mol. The van der Waals surface area contributed by atoms with Gasteiger partial charge in [-0.1, -0.05) is 12.2 Å². The number of carbonyl (C=O) groups excluding carboxylic acids is 2. The first-order chi connectivity index (χ1) is 14.7. The Morgan fingerprint density at radius 3 is 2.70 bits per heavy atom. The van der Waals surface area contributed by atoms with Crippen LogP contribution in [0.3, 0.4) is 0 Å². The molecule has 0 unspecified atom stereocenters. The minimum Gasteiger partial charge on any atom is -0.497 e. The summed E-state index contributed by atoms with van der Waals surface area (Å²) >= 11 is 0. The van der Waals surface area contributed by atoms with Gasteiger partial charge in [0.2, 0.25) is 0 Å². The monoisotopic (exact) mass is 408 g/mol. The zero-order valence-electron chi connectivity index (χ0n) is 16.8. The summed E-state index contributed by atoms with van der Waals surface area (Å²) < 4.78 is 16.1. The Morgan fingerprint density at radius 1 is 1.20 bits per heavy atom. The van der Waals surface area contributed by atoms with Crippen molar-refractivity contribution in [2.45, 2.75) is 31.7 Å². The van der Waals surface area contributed by atoms with Crippen molar-refractivity contribution in [3.05, 3.63) is 66.1 Å². The van der Waals surface area contributed by atoms with Crippen LogP contribution < -0.4 is 4.74 Å². The van der Waals surface area contributed by atoms with Gasteiger partial charge < -0.3 is 13.9 Å². The average Bonchev–Trinajstić information content (AvgIpc) is 3.48. The Hall–Kier alpha value is -3.35. The first-order valence-electron chi connectivity index (χ1n) is 10.0. The van der Waals surface area contributed by atoms with Gasteiger partial charge in [0.25, 0.3) is 5.91 Å². The Labute approximate surface area is 175 Å². The molecule has 1 aromatic carbocycles. The Balaban J connectivity index is 1.48. The third-order valence-corrected chi connectivity index (χ3v) is 5.40. The molecule has 2 aliphatic rings. The highest BCUT2D eigenvalue weighted by molar-refractivity contribution is 6.03. The molecule has 0 spiro atoms. The lowest BCUT2D eigenvalue weighted by Gasteiger charge is -2.21. The smallest absolute Gasteiger partial charge is 0.309 e. The van der Waals surface area contributed by atoms with E-state index in [2.05, 4.69) is 11.2 Å². The topological polar surface area (TPSA) is 81.3 Å². The van der Waals surface area contributed by atoms with E-state index in [0.717, 1.165) is 29.9 Å². The number of hydrogen-bond donors (Lipinski definition) is 0. The second kappa shape index (κ2) is 8.98. The molecule has 0 saturated heterocycles. The maximum Gasteiger partial charge on any atom is 0.309 e. The molecule has 0 N–H and O–H groups in total. The molecule has 7 heteroatoms. The zero-order chi connectivity index (χ0) is 20.9. The normalized spacial score (nSPS) is 20.7. The maximum atomic E-state index is 12.9. The molecule has 156 valence electrons. The second-order valence-corrected chi connectivity index (χ2v) is 7.34. The molecule has 2 atom stereocenters. The highest BCUT2D eigenvalue weighted by Gasteiger charge is 2.35. The molecule has 4 rings (SSSR count). The number of hydrogen-bond acceptors (Lipinski definition) is 6. The number of methoxy groups -OCH3 is 1. The van der Waals surface area contributed by atoms with Gasteiger partial charge in [0, 0.05) is 6.42 Å². The Morgan fingerprint density at radius 2 is 2.03 bits per heavy atom. The van der Waals surface area contributed by atoms with Crippen molar-refractivity contribution in [2.24, 2.45) is 11.0 Å². The van der Waals surface area contributed by atoms with E-state index >= 15 is 0 Å². The number of rotatable bonds is 6. The van der Waals surface area contributed by atoms with Gasteiger partial charge in [-0.05, 0) is 61.2 Å². The second-order valence-electron chi connectivity index (χ2n) is 7.34. The summed E-state index contributed by atoms with van der Waals surface area (Å²) in [6.45, 7) is -0.338. The molecule has 2 heterocycles. The average molecular weight is 408 g/mol. The van der Waals surface area contributed by atoms with Crippen LogP contribution in [0.5, 0.6) is 5.75 Å². The number of allylic oxidation sites excluding steroid dienone is 2. The van der Waals surface area contributed by atoms with E-state index < -0.39 is 0 Å². The number of ether oxygens (including phenoxy) is 2. The van der Waals surface area contributed by atoms with E-state index in [1.54, 1.807) is 19.4 Å². The molecule has 1 aliphatic carbocycles. The van der Waals surface area contributed by atoms with E-state index in [0.29, 0.717) is 18.6 Å².